The number of phenolic OH excluding ortho intramolecular Hbond substituents is 2. The van der Waals surface area contributed by atoms with Gasteiger partial charge < -0.3 is 35.7 Å². The maximum Gasteiger partial charge on any atom is 0.167 e. The number of allylic oxidation sites excluding steroid dienone is 1. The fourth-order valence-electron chi connectivity index (χ4n) is 1.79. The molecule has 0 radical (unpaired) electrons. The first-order valence-electron chi connectivity index (χ1n) is 6.82. The number of aromatic hydroxyl groups is 2. The van der Waals surface area contributed by atoms with Crippen molar-refractivity contribution in [1.82, 2.24) is 0 Å². The molecule has 0 saturated heterocycles. The molecule has 4 atom stereocenters. The summed E-state index contributed by atoms with van der Waals surface area (Å²) < 4.78 is 0. The van der Waals surface area contributed by atoms with Crippen LogP contribution >= 0.6 is 0 Å². The minimum Gasteiger partial charge on any atom is -0.504 e. The molecule has 23 heavy (non-hydrogen) atoms. The van der Waals surface area contributed by atoms with E-state index in [1.807, 2.05) is 0 Å². The summed E-state index contributed by atoms with van der Waals surface area (Å²) in [5.41, 5.74) is 0.499. The normalized spacial score (nSPS) is 16.9. The molecular formula is C15H20O8. The summed E-state index contributed by atoms with van der Waals surface area (Å²) in [4.78, 5) is 11.7. The predicted octanol–water partition coefficient (Wildman–Crippen LogP) is -1.49. The van der Waals surface area contributed by atoms with Crippen LogP contribution in [0.2, 0.25) is 0 Å². The standard InChI is InChI=1S/C15H20O8/c16-7-12(20)14(22)15(23)13(21)10(18)3-1-2-8-4-5-9(17)11(19)6-8/h1-2,4-6,12-17,19-23H,3,7H2/b2-1+/t12-,13+,14-,15-/m1/s1. The molecule has 0 aliphatic rings. The fourth-order valence-corrected chi connectivity index (χ4v) is 1.79. The molecule has 8 nitrogen and oxygen atoms in total. The number of phenols is 2. The Kier molecular flexibility index (Phi) is 7.14. The zero-order valence-corrected chi connectivity index (χ0v) is 12.1. The third-order valence-electron chi connectivity index (χ3n) is 3.21. The molecule has 0 heterocycles. The maximum absolute atomic E-state index is 11.7. The average molecular weight is 328 g/mol. The number of aliphatic hydroxyl groups excluding tert-OH is 5. The molecule has 128 valence electrons. The predicted molar refractivity (Wildman–Crippen MR) is 79.5 cm³/mol. The molecule has 0 bridgehead atoms. The summed E-state index contributed by atoms with van der Waals surface area (Å²) in [5.74, 6) is -1.41. The number of benzene rings is 1. The average Bonchev–Trinajstić information content (AvgIpc) is 2.55. The highest BCUT2D eigenvalue weighted by Crippen LogP contribution is 2.25. The molecule has 1 rings (SSSR count). The molecule has 0 fully saturated rings. The minimum atomic E-state index is -1.93. The van der Waals surface area contributed by atoms with Crippen LogP contribution in [-0.4, -0.2) is 72.6 Å². The topological polar surface area (TPSA) is 159 Å². The van der Waals surface area contributed by atoms with E-state index in [-0.39, 0.29) is 17.9 Å². The number of aliphatic hydroxyl groups is 5. The first-order valence-corrected chi connectivity index (χ1v) is 6.82. The largest absolute Gasteiger partial charge is 0.504 e. The van der Waals surface area contributed by atoms with Crippen molar-refractivity contribution in [2.24, 2.45) is 0 Å². The zero-order chi connectivity index (χ0) is 17.6. The third-order valence-corrected chi connectivity index (χ3v) is 3.21. The summed E-state index contributed by atoms with van der Waals surface area (Å²) in [6, 6.07) is 4.02. The summed E-state index contributed by atoms with van der Waals surface area (Å²) in [7, 11) is 0. The fraction of sp³-hybridized carbons (Fsp3) is 0.400. The third kappa shape index (κ3) is 5.31. The Morgan fingerprint density at radius 1 is 1.04 bits per heavy atom. The van der Waals surface area contributed by atoms with Crippen molar-refractivity contribution in [3.63, 3.8) is 0 Å². The van der Waals surface area contributed by atoms with Crippen molar-refractivity contribution >= 4 is 11.9 Å². The Hall–Kier alpha value is -1.97. The van der Waals surface area contributed by atoms with E-state index >= 15 is 0 Å². The Morgan fingerprint density at radius 3 is 2.26 bits per heavy atom. The highest BCUT2D eigenvalue weighted by molar-refractivity contribution is 5.85. The van der Waals surface area contributed by atoms with Crippen LogP contribution < -0.4 is 0 Å². The quantitative estimate of drug-likeness (QED) is 0.284. The van der Waals surface area contributed by atoms with Gasteiger partial charge in [-0.25, -0.2) is 0 Å². The van der Waals surface area contributed by atoms with Crippen LogP contribution in [0.5, 0.6) is 11.5 Å². The van der Waals surface area contributed by atoms with Gasteiger partial charge in [0.05, 0.1) is 6.61 Å². The van der Waals surface area contributed by atoms with Gasteiger partial charge in [0.15, 0.2) is 17.3 Å². The number of ketones is 1. The van der Waals surface area contributed by atoms with Crippen molar-refractivity contribution in [3.05, 3.63) is 29.8 Å². The van der Waals surface area contributed by atoms with E-state index in [1.54, 1.807) is 0 Å². The molecule has 0 aromatic heterocycles. The van der Waals surface area contributed by atoms with Gasteiger partial charge in [0.1, 0.15) is 24.4 Å². The van der Waals surface area contributed by atoms with Gasteiger partial charge in [0.2, 0.25) is 0 Å². The molecule has 0 unspecified atom stereocenters. The summed E-state index contributed by atoms with van der Waals surface area (Å²) in [5, 5.41) is 64.9. The van der Waals surface area contributed by atoms with Crippen molar-refractivity contribution in [1.29, 1.82) is 0 Å². The molecule has 0 amide bonds. The van der Waals surface area contributed by atoms with E-state index in [0.717, 1.165) is 0 Å². The number of rotatable bonds is 8. The lowest BCUT2D eigenvalue weighted by molar-refractivity contribution is -0.146. The van der Waals surface area contributed by atoms with Crippen LogP contribution in [0.25, 0.3) is 6.08 Å². The van der Waals surface area contributed by atoms with E-state index in [1.165, 1.54) is 30.4 Å². The van der Waals surface area contributed by atoms with Crippen molar-refractivity contribution < 1.29 is 40.5 Å². The molecular weight excluding hydrogens is 308 g/mol. The first kappa shape index (κ1) is 19.1. The maximum atomic E-state index is 11.7. The van der Waals surface area contributed by atoms with Crippen LogP contribution in [0.15, 0.2) is 24.3 Å². The lowest BCUT2D eigenvalue weighted by Gasteiger charge is -2.24. The summed E-state index contributed by atoms with van der Waals surface area (Å²) in [6.45, 7) is -0.830. The highest BCUT2D eigenvalue weighted by Gasteiger charge is 2.33. The van der Waals surface area contributed by atoms with E-state index in [4.69, 9.17) is 15.3 Å². The van der Waals surface area contributed by atoms with E-state index in [9.17, 15) is 25.2 Å². The molecule has 1 aromatic rings. The number of hydrogen-bond acceptors (Lipinski definition) is 8. The van der Waals surface area contributed by atoms with Gasteiger partial charge in [0, 0.05) is 6.42 Å². The van der Waals surface area contributed by atoms with Crippen molar-refractivity contribution in [2.75, 3.05) is 6.61 Å². The summed E-state index contributed by atoms with van der Waals surface area (Å²) in [6.07, 6.45) is -4.87. The lowest BCUT2D eigenvalue weighted by Crippen LogP contribution is -2.48. The molecule has 0 aliphatic heterocycles. The number of hydrogen-bond donors (Lipinski definition) is 7. The molecule has 7 N–H and O–H groups in total. The second kappa shape index (κ2) is 8.61. The molecule has 8 heteroatoms. The van der Waals surface area contributed by atoms with E-state index in [0.29, 0.717) is 5.56 Å². The second-order valence-corrected chi connectivity index (χ2v) is 5.00. The van der Waals surface area contributed by atoms with E-state index < -0.39 is 36.8 Å². The summed E-state index contributed by atoms with van der Waals surface area (Å²) >= 11 is 0. The van der Waals surface area contributed by atoms with Crippen LogP contribution in [0.4, 0.5) is 0 Å². The minimum absolute atomic E-state index is 0.276. The number of carbonyl (C=O) groups excluding carboxylic acids is 1. The smallest absolute Gasteiger partial charge is 0.167 e. The monoisotopic (exact) mass is 328 g/mol. The van der Waals surface area contributed by atoms with Gasteiger partial charge in [-0.2, -0.15) is 0 Å². The Bertz CT molecular complexity index is 556. The lowest BCUT2D eigenvalue weighted by atomic mass is 9.99. The van der Waals surface area contributed by atoms with Crippen LogP contribution in [0, 0.1) is 0 Å². The van der Waals surface area contributed by atoms with Gasteiger partial charge in [-0.05, 0) is 17.7 Å². The SMILES string of the molecule is O=C(C/C=C/c1ccc(O)c(O)c1)[C@H](O)[C@@H](O)[C@H](O)[C@H](O)CO. The van der Waals surface area contributed by atoms with Gasteiger partial charge >= 0.3 is 0 Å². The van der Waals surface area contributed by atoms with Gasteiger partial charge in [0.25, 0.3) is 0 Å². The van der Waals surface area contributed by atoms with Crippen LogP contribution in [0.1, 0.15) is 12.0 Å². The van der Waals surface area contributed by atoms with Crippen molar-refractivity contribution in [3.8, 4) is 11.5 Å². The molecule has 0 aliphatic carbocycles. The van der Waals surface area contributed by atoms with Crippen LogP contribution in [-0.2, 0) is 4.79 Å². The Balaban J connectivity index is 2.61. The van der Waals surface area contributed by atoms with Gasteiger partial charge in [-0.3, -0.25) is 4.79 Å². The van der Waals surface area contributed by atoms with Gasteiger partial charge in [-0.15, -0.1) is 0 Å². The van der Waals surface area contributed by atoms with E-state index in [2.05, 4.69) is 0 Å². The van der Waals surface area contributed by atoms with Crippen molar-refractivity contribution in [2.45, 2.75) is 30.8 Å². The molecule has 0 spiro atoms. The van der Waals surface area contributed by atoms with Gasteiger partial charge in [-0.1, -0.05) is 18.2 Å². The Morgan fingerprint density at radius 2 is 1.70 bits per heavy atom. The molecule has 0 saturated carbocycles. The number of carbonyl (C=O) groups is 1. The van der Waals surface area contributed by atoms with Crippen LogP contribution in [0.3, 0.4) is 0 Å². The highest BCUT2D eigenvalue weighted by atomic mass is 16.4. The Labute approximate surface area is 132 Å². The number of Topliss-reactive ketones (excluding diaryl/α,β-unsaturated/α-hetero) is 1. The second-order valence-electron chi connectivity index (χ2n) is 5.00. The molecule has 1 aromatic carbocycles. The zero-order valence-electron chi connectivity index (χ0n) is 12.1. The first-order chi connectivity index (χ1) is 10.8.